The maximum absolute atomic E-state index is 12.0. The molecule has 0 atom stereocenters. The average molecular weight is 322 g/mol. The van der Waals surface area contributed by atoms with Gasteiger partial charge in [0.05, 0.1) is 12.1 Å². The predicted octanol–water partition coefficient (Wildman–Crippen LogP) is 2.98. The van der Waals surface area contributed by atoms with Gasteiger partial charge in [0.2, 0.25) is 5.91 Å². The number of hydrogen-bond acceptors (Lipinski definition) is 2. The molecule has 0 fully saturated rings. The lowest BCUT2D eigenvalue weighted by atomic mass is 10.2. The first kappa shape index (κ1) is 13.8. The Labute approximate surface area is 120 Å². The average Bonchev–Trinajstić information content (AvgIpc) is 2.62. The van der Waals surface area contributed by atoms with E-state index in [4.69, 9.17) is 0 Å². The Balaban J connectivity index is 2.05. The van der Waals surface area contributed by atoms with Gasteiger partial charge in [-0.3, -0.25) is 9.48 Å². The first-order valence-electron chi connectivity index (χ1n) is 6.01. The van der Waals surface area contributed by atoms with E-state index in [1.165, 1.54) is 0 Å². The molecule has 0 saturated heterocycles. The molecular weight excluding hydrogens is 306 g/mol. The molecule has 0 bridgehead atoms. The molecule has 0 saturated carbocycles. The smallest absolute Gasteiger partial charge is 0.230 e. The largest absolute Gasteiger partial charge is 0.326 e. The summed E-state index contributed by atoms with van der Waals surface area (Å²) >= 11 is 3.45. The predicted molar refractivity (Wildman–Crippen MR) is 79.2 cm³/mol. The van der Waals surface area contributed by atoms with Crippen LogP contribution in [0.25, 0.3) is 0 Å². The van der Waals surface area contributed by atoms with Crippen molar-refractivity contribution in [2.24, 2.45) is 7.05 Å². The summed E-state index contributed by atoms with van der Waals surface area (Å²) < 4.78 is 2.72. The van der Waals surface area contributed by atoms with Crippen LogP contribution in [0.5, 0.6) is 0 Å². The van der Waals surface area contributed by atoms with E-state index in [0.717, 1.165) is 27.1 Å². The molecule has 0 aliphatic rings. The second kappa shape index (κ2) is 5.57. The van der Waals surface area contributed by atoms with E-state index in [0.29, 0.717) is 6.42 Å². The number of carbonyl (C=O) groups is 1. The highest BCUT2D eigenvalue weighted by Crippen LogP contribution is 2.20. The molecule has 1 amide bonds. The Bertz CT molecular complexity index is 619. The molecule has 1 aromatic heterocycles. The summed E-state index contributed by atoms with van der Waals surface area (Å²) in [6.45, 7) is 3.92. The second-order valence-electron chi connectivity index (χ2n) is 4.59. The Hall–Kier alpha value is -1.62. The van der Waals surface area contributed by atoms with Crippen LogP contribution in [0.15, 0.2) is 28.7 Å². The Morgan fingerprint density at radius 2 is 2.11 bits per heavy atom. The van der Waals surface area contributed by atoms with Crippen LogP contribution in [0.1, 0.15) is 17.0 Å². The van der Waals surface area contributed by atoms with Crippen molar-refractivity contribution in [3.05, 3.63) is 45.7 Å². The topological polar surface area (TPSA) is 46.9 Å². The van der Waals surface area contributed by atoms with E-state index in [-0.39, 0.29) is 5.91 Å². The van der Waals surface area contributed by atoms with Crippen LogP contribution < -0.4 is 5.32 Å². The number of aromatic nitrogens is 2. The first-order chi connectivity index (χ1) is 8.95. The van der Waals surface area contributed by atoms with Crippen LogP contribution in [0.2, 0.25) is 0 Å². The van der Waals surface area contributed by atoms with Crippen molar-refractivity contribution in [1.29, 1.82) is 0 Å². The van der Waals surface area contributed by atoms with Gasteiger partial charge in [-0.1, -0.05) is 22.0 Å². The third-order valence-electron chi connectivity index (χ3n) is 2.90. The number of carbonyl (C=O) groups excluding carboxylic acids is 1. The van der Waals surface area contributed by atoms with Crippen molar-refractivity contribution in [3.63, 3.8) is 0 Å². The molecule has 2 aromatic rings. The summed E-state index contributed by atoms with van der Waals surface area (Å²) in [6, 6.07) is 7.69. The van der Waals surface area contributed by atoms with Gasteiger partial charge in [-0.2, -0.15) is 5.10 Å². The maximum atomic E-state index is 12.0. The van der Waals surface area contributed by atoms with Crippen LogP contribution in [0, 0.1) is 13.8 Å². The number of hydrogen-bond donors (Lipinski definition) is 1. The van der Waals surface area contributed by atoms with Gasteiger partial charge in [0.1, 0.15) is 0 Å². The van der Waals surface area contributed by atoms with Crippen LogP contribution in [-0.4, -0.2) is 15.7 Å². The lowest BCUT2D eigenvalue weighted by molar-refractivity contribution is -0.115. The van der Waals surface area contributed by atoms with Crippen molar-refractivity contribution in [3.8, 4) is 0 Å². The molecule has 0 aliphatic heterocycles. The third-order valence-corrected chi connectivity index (χ3v) is 3.75. The van der Waals surface area contributed by atoms with Gasteiger partial charge >= 0.3 is 0 Å². The second-order valence-corrected chi connectivity index (χ2v) is 5.44. The van der Waals surface area contributed by atoms with E-state index in [1.807, 2.05) is 45.2 Å². The van der Waals surface area contributed by atoms with Crippen LogP contribution in [-0.2, 0) is 18.3 Å². The van der Waals surface area contributed by atoms with Gasteiger partial charge in [0.25, 0.3) is 0 Å². The number of nitrogens with zero attached hydrogens (tertiary/aromatic N) is 2. The number of aryl methyl sites for hydroxylation is 3. The van der Waals surface area contributed by atoms with Crippen molar-refractivity contribution < 1.29 is 4.79 Å². The lowest BCUT2D eigenvalue weighted by Gasteiger charge is -2.07. The molecule has 1 aromatic carbocycles. The molecule has 19 heavy (non-hydrogen) atoms. The van der Waals surface area contributed by atoms with E-state index < -0.39 is 0 Å². The minimum Gasteiger partial charge on any atom is -0.326 e. The fourth-order valence-corrected chi connectivity index (χ4v) is 2.25. The third kappa shape index (κ3) is 3.44. The number of amides is 1. The molecule has 0 spiro atoms. The standard InChI is InChI=1S/C14H16BrN3O/c1-9-4-5-11(7-13(9)15)16-14(19)8-12-6-10(2)17-18(12)3/h4-7H,8H2,1-3H3,(H,16,19). The number of anilines is 1. The highest BCUT2D eigenvalue weighted by molar-refractivity contribution is 9.10. The molecule has 1 N–H and O–H groups in total. The van der Waals surface area contributed by atoms with E-state index >= 15 is 0 Å². The Morgan fingerprint density at radius 3 is 2.68 bits per heavy atom. The highest BCUT2D eigenvalue weighted by Gasteiger charge is 2.09. The van der Waals surface area contributed by atoms with Gasteiger partial charge in [0.15, 0.2) is 0 Å². The monoisotopic (exact) mass is 321 g/mol. The van der Waals surface area contributed by atoms with Crippen molar-refractivity contribution in [1.82, 2.24) is 9.78 Å². The van der Waals surface area contributed by atoms with Crippen molar-refractivity contribution >= 4 is 27.5 Å². The lowest BCUT2D eigenvalue weighted by Crippen LogP contribution is -2.16. The molecule has 4 nitrogen and oxygen atoms in total. The fourth-order valence-electron chi connectivity index (χ4n) is 1.87. The summed E-state index contributed by atoms with van der Waals surface area (Å²) in [7, 11) is 1.85. The quantitative estimate of drug-likeness (QED) is 0.944. The zero-order valence-electron chi connectivity index (χ0n) is 11.2. The SMILES string of the molecule is Cc1cc(CC(=O)Nc2ccc(C)c(Br)c2)n(C)n1. The normalized spacial score (nSPS) is 10.5. The molecule has 0 radical (unpaired) electrons. The van der Waals surface area contributed by atoms with Gasteiger partial charge in [-0.05, 0) is 37.6 Å². The van der Waals surface area contributed by atoms with Gasteiger partial charge in [-0.25, -0.2) is 0 Å². The van der Waals surface area contributed by atoms with Crippen LogP contribution >= 0.6 is 15.9 Å². The van der Waals surface area contributed by atoms with Crippen LogP contribution in [0.3, 0.4) is 0 Å². The maximum Gasteiger partial charge on any atom is 0.230 e. The zero-order valence-corrected chi connectivity index (χ0v) is 12.8. The van der Waals surface area contributed by atoms with Gasteiger partial charge in [0, 0.05) is 22.9 Å². The van der Waals surface area contributed by atoms with Crippen molar-refractivity contribution in [2.75, 3.05) is 5.32 Å². The molecule has 2 rings (SSSR count). The van der Waals surface area contributed by atoms with E-state index in [1.54, 1.807) is 4.68 Å². The number of rotatable bonds is 3. The summed E-state index contributed by atoms with van der Waals surface area (Å²) in [4.78, 5) is 12.0. The van der Waals surface area contributed by atoms with E-state index in [2.05, 4.69) is 26.3 Å². The summed E-state index contributed by atoms with van der Waals surface area (Å²) in [6.07, 6.45) is 0.322. The highest BCUT2D eigenvalue weighted by atomic mass is 79.9. The molecule has 1 heterocycles. The molecule has 0 aliphatic carbocycles. The molecule has 100 valence electrons. The summed E-state index contributed by atoms with van der Waals surface area (Å²) in [5.41, 5.74) is 3.76. The van der Waals surface area contributed by atoms with Crippen molar-refractivity contribution in [2.45, 2.75) is 20.3 Å². The minimum absolute atomic E-state index is 0.0428. The van der Waals surface area contributed by atoms with Gasteiger partial charge < -0.3 is 5.32 Å². The number of benzene rings is 1. The summed E-state index contributed by atoms with van der Waals surface area (Å²) in [5, 5.41) is 7.11. The minimum atomic E-state index is -0.0428. The first-order valence-corrected chi connectivity index (χ1v) is 6.80. The molecular formula is C14H16BrN3O. The molecule has 0 unspecified atom stereocenters. The van der Waals surface area contributed by atoms with Crippen LogP contribution in [0.4, 0.5) is 5.69 Å². The molecule has 5 heteroatoms. The number of nitrogens with one attached hydrogen (secondary N) is 1. The van der Waals surface area contributed by atoms with E-state index in [9.17, 15) is 4.79 Å². The zero-order chi connectivity index (χ0) is 14.0. The Morgan fingerprint density at radius 1 is 1.37 bits per heavy atom. The number of halogens is 1. The van der Waals surface area contributed by atoms with Gasteiger partial charge in [-0.15, -0.1) is 0 Å². The Kier molecular flexibility index (Phi) is 4.04. The summed E-state index contributed by atoms with van der Waals surface area (Å²) in [5.74, 6) is -0.0428. The fraction of sp³-hybridized carbons (Fsp3) is 0.286.